The number of carbonyl (C=O) groups excluding carboxylic acids is 2. The van der Waals surface area contributed by atoms with Crippen LogP contribution in [0.4, 0.5) is 10.1 Å². The summed E-state index contributed by atoms with van der Waals surface area (Å²) >= 11 is 0. The minimum absolute atomic E-state index is 0.0675. The van der Waals surface area contributed by atoms with Crippen LogP contribution in [0.3, 0.4) is 0 Å². The van der Waals surface area contributed by atoms with Gasteiger partial charge in [-0.25, -0.2) is 17.5 Å². The Bertz CT molecular complexity index is 1290. The first kappa shape index (κ1) is 25.5. The van der Waals surface area contributed by atoms with Crippen LogP contribution in [0, 0.1) is 5.82 Å². The lowest BCUT2D eigenvalue weighted by Crippen LogP contribution is -2.45. The molecule has 1 unspecified atom stereocenters. The molecule has 2 atom stereocenters. The van der Waals surface area contributed by atoms with Gasteiger partial charge in [-0.3, -0.25) is 9.59 Å². The average Bonchev–Trinajstić information content (AvgIpc) is 3.37. The van der Waals surface area contributed by atoms with Crippen molar-refractivity contribution in [2.24, 2.45) is 0 Å². The van der Waals surface area contributed by atoms with Crippen LogP contribution in [0.25, 0.3) is 0 Å². The molecule has 10 heteroatoms. The van der Waals surface area contributed by atoms with E-state index in [1.807, 2.05) is 30.3 Å². The van der Waals surface area contributed by atoms with E-state index in [-0.39, 0.29) is 22.9 Å². The van der Waals surface area contributed by atoms with Crippen molar-refractivity contribution in [2.75, 3.05) is 18.5 Å². The SMILES string of the molecule is O=C(NC(Cc1ccccc1)C(=O)Nc1ccc(S(=O)(=O)N[C@H]2CCOC2)cc1)c1ccc(F)cc1. The molecule has 3 aromatic rings. The normalized spacial score (nSPS) is 16.3. The molecule has 1 saturated heterocycles. The molecule has 2 amide bonds. The van der Waals surface area contributed by atoms with Crippen molar-refractivity contribution in [1.82, 2.24) is 10.0 Å². The molecule has 188 valence electrons. The fourth-order valence-electron chi connectivity index (χ4n) is 3.76. The Hall–Kier alpha value is -3.60. The van der Waals surface area contributed by atoms with Gasteiger partial charge in [0, 0.05) is 30.3 Å². The van der Waals surface area contributed by atoms with E-state index in [2.05, 4.69) is 15.4 Å². The molecular weight excluding hydrogens is 485 g/mol. The standard InChI is InChI=1S/C26H26FN3O5S/c27-20-8-6-19(7-9-20)25(31)29-24(16-18-4-2-1-3-5-18)26(32)28-21-10-12-23(13-11-21)36(33,34)30-22-14-15-35-17-22/h1-13,22,24,30H,14-17H2,(H,28,32)(H,29,31)/t22-,24?/m0/s1. The van der Waals surface area contributed by atoms with E-state index in [4.69, 9.17) is 4.74 Å². The van der Waals surface area contributed by atoms with E-state index in [1.54, 1.807) is 0 Å². The first-order valence-corrected chi connectivity index (χ1v) is 12.9. The monoisotopic (exact) mass is 511 g/mol. The lowest BCUT2D eigenvalue weighted by Gasteiger charge is -2.19. The summed E-state index contributed by atoms with van der Waals surface area (Å²) in [7, 11) is -3.72. The van der Waals surface area contributed by atoms with Gasteiger partial charge in [0.2, 0.25) is 15.9 Å². The van der Waals surface area contributed by atoms with Gasteiger partial charge in [-0.15, -0.1) is 0 Å². The van der Waals surface area contributed by atoms with Crippen molar-refractivity contribution in [3.63, 3.8) is 0 Å². The molecule has 0 bridgehead atoms. The zero-order valence-corrected chi connectivity index (χ0v) is 20.1. The Labute approximate surface area is 208 Å². The van der Waals surface area contributed by atoms with Crippen molar-refractivity contribution in [1.29, 1.82) is 0 Å². The number of sulfonamides is 1. The fraction of sp³-hybridized carbons (Fsp3) is 0.231. The van der Waals surface area contributed by atoms with Crippen molar-refractivity contribution >= 4 is 27.5 Å². The maximum absolute atomic E-state index is 13.2. The zero-order valence-electron chi connectivity index (χ0n) is 19.3. The number of rotatable bonds is 9. The Kier molecular flexibility index (Phi) is 8.09. The lowest BCUT2D eigenvalue weighted by molar-refractivity contribution is -0.118. The Morgan fingerprint density at radius 3 is 2.31 bits per heavy atom. The molecule has 1 aliphatic rings. The fourth-order valence-corrected chi connectivity index (χ4v) is 5.02. The highest BCUT2D eigenvalue weighted by Gasteiger charge is 2.25. The summed E-state index contributed by atoms with van der Waals surface area (Å²) in [5.74, 6) is -1.47. The number of anilines is 1. The first-order valence-electron chi connectivity index (χ1n) is 11.4. The quantitative estimate of drug-likeness (QED) is 0.409. The number of halogens is 1. The van der Waals surface area contributed by atoms with Crippen LogP contribution in [-0.4, -0.2) is 45.5 Å². The number of nitrogens with one attached hydrogen (secondary N) is 3. The minimum Gasteiger partial charge on any atom is -0.380 e. The van der Waals surface area contributed by atoms with Crippen molar-refractivity contribution in [2.45, 2.75) is 29.8 Å². The summed E-state index contributed by atoms with van der Waals surface area (Å²) in [6.45, 7) is 0.847. The van der Waals surface area contributed by atoms with Gasteiger partial charge >= 0.3 is 0 Å². The van der Waals surface area contributed by atoms with Gasteiger partial charge in [0.1, 0.15) is 11.9 Å². The number of hydrogen-bond donors (Lipinski definition) is 3. The second-order valence-corrected chi connectivity index (χ2v) is 10.1. The molecule has 0 aromatic heterocycles. The summed E-state index contributed by atoms with van der Waals surface area (Å²) in [6.07, 6.45) is 0.833. The number of benzene rings is 3. The smallest absolute Gasteiger partial charge is 0.251 e. The molecule has 0 radical (unpaired) electrons. The molecular formula is C26H26FN3O5S. The van der Waals surface area contributed by atoms with Gasteiger partial charge < -0.3 is 15.4 Å². The molecule has 1 aliphatic heterocycles. The van der Waals surface area contributed by atoms with E-state index in [9.17, 15) is 22.4 Å². The third kappa shape index (κ3) is 6.75. The highest BCUT2D eigenvalue weighted by molar-refractivity contribution is 7.89. The van der Waals surface area contributed by atoms with Gasteiger partial charge in [-0.05, 0) is 60.5 Å². The third-order valence-electron chi connectivity index (χ3n) is 5.69. The maximum Gasteiger partial charge on any atom is 0.251 e. The largest absolute Gasteiger partial charge is 0.380 e. The predicted octanol–water partition coefficient (Wildman–Crippen LogP) is 2.87. The van der Waals surface area contributed by atoms with Crippen molar-refractivity contribution < 1.29 is 27.1 Å². The predicted molar refractivity (Wildman–Crippen MR) is 132 cm³/mol. The van der Waals surface area contributed by atoms with E-state index in [1.165, 1.54) is 48.5 Å². The van der Waals surface area contributed by atoms with Crippen molar-refractivity contribution in [3.8, 4) is 0 Å². The summed E-state index contributed by atoms with van der Waals surface area (Å²) < 4.78 is 46.2. The first-order chi connectivity index (χ1) is 17.3. The van der Waals surface area contributed by atoms with Gasteiger partial charge in [-0.2, -0.15) is 0 Å². The zero-order chi connectivity index (χ0) is 25.5. The van der Waals surface area contributed by atoms with Crippen LogP contribution in [0.15, 0.2) is 83.8 Å². The summed E-state index contributed by atoms with van der Waals surface area (Å²) in [4.78, 5) is 25.9. The van der Waals surface area contributed by atoms with E-state index in [0.717, 1.165) is 5.56 Å². The van der Waals surface area contributed by atoms with Crippen LogP contribution in [0.1, 0.15) is 22.3 Å². The molecule has 1 heterocycles. The van der Waals surface area contributed by atoms with Gasteiger partial charge in [0.25, 0.3) is 5.91 Å². The molecule has 3 aromatic carbocycles. The van der Waals surface area contributed by atoms with Crippen LogP contribution in [0.5, 0.6) is 0 Å². The van der Waals surface area contributed by atoms with Gasteiger partial charge in [0.05, 0.1) is 11.5 Å². The van der Waals surface area contributed by atoms with Crippen LogP contribution in [0.2, 0.25) is 0 Å². The van der Waals surface area contributed by atoms with Crippen molar-refractivity contribution in [3.05, 3.63) is 95.8 Å². The molecule has 0 aliphatic carbocycles. The van der Waals surface area contributed by atoms with Crippen LogP contribution < -0.4 is 15.4 Å². The van der Waals surface area contributed by atoms with E-state index in [0.29, 0.717) is 25.3 Å². The third-order valence-corrected chi connectivity index (χ3v) is 7.23. The maximum atomic E-state index is 13.2. The Balaban J connectivity index is 1.46. The average molecular weight is 512 g/mol. The van der Waals surface area contributed by atoms with E-state index >= 15 is 0 Å². The topological polar surface area (TPSA) is 114 Å². The molecule has 36 heavy (non-hydrogen) atoms. The highest BCUT2D eigenvalue weighted by Crippen LogP contribution is 2.17. The second kappa shape index (κ2) is 11.4. The highest BCUT2D eigenvalue weighted by atomic mass is 32.2. The minimum atomic E-state index is -3.72. The van der Waals surface area contributed by atoms with Gasteiger partial charge in [-0.1, -0.05) is 30.3 Å². The van der Waals surface area contributed by atoms with Crippen LogP contribution >= 0.6 is 0 Å². The molecule has 3 N–H and O–H groups in total. The Morgan fingerprint density at radius 1 is 0.972 bits per heavy atom. The molecule has 4 rings (SSSR count). The number of hydrogen-bond acceptors (Lipinski definition) is 5. The summed E-state index contributed by atoms with van der Waals surface area (Å²) in [5.41, 5.74) is 1.43. The number of amides is 2. The van der Waals surface area contributed by atoms with Gasteiger partial charge in [0.15, 0.2) is 0 Å². The lowest BCUT2D eigenvalue weighted by atomic mass is 10.0. The molecule has 0 spiro atoms. The van der Waals surface area contributed by atoms with E-state index < -0.39 is 33.7 Å². The summed E-state index contributed by atoms with van der Waals surface area (Å²) in [6, 6.07) is 18.8. The molecule has 1 fully saturated rings. The number of ether oxygens (including phenoxy) is 1. The Morgan fingerprint density at radius 2 is 1.67 bits per heavy atom. The molecule has 0 saturated carbocycles. The second-order valence-electron chi connectivity index (χ2n) is 8.42. The summed E-state index contributed by atoms with van der Waals surface area (Å²) in [5, 5.41) is 5.44. The van der Waals surface area contributed by atoms with Crippen LogP contribution in [-0.2, 0) is 26.0 Å². The number of carbonyl (C=O) groups is 2. The molecule has 8 nitrogen and oxygen atoms in total.